The van der Waals surface area contributed by atoms with Crippen LogP contribution in [0.1, 0.15) is 5.56 Å². The maximum atomic E-state index is 13.3. The van der Waals surface area contributed by atoms with E-state index in [1.165, 1.54) is 31.5 Å². The third kappa shape index (κ3) is 4.16. The van der Waals surface area contributed by atoms with Crippen LogP contribution in [0.2, 0.25) is 0 Å². The molecule has 0 saturated heterocycles. The molecule has 3 N–H and O–H groups in total. The molecular weight excluding hydrogens is 289 g/mol. The van der Waals surface area contributed by atoms with Gasteiger partial charge in [-0.05, 0) is 30.2 Å². The van der Waals surface area contributed by atoms with Crippen LogP contribution in [0.5, 0.6) is 5.88 Å². The topological polar surface area (TPSA) is 83.5 Å². The Hall–Kier alpha value is -2.67. The van der Waals surface area contributed by atoms with Gasteiger partial charge >= 0.3 is 6.03 Å². The smallest absolute Gasteiger partial charge is 0.323 e. The molecule has 0 aliphatic carbocycles. The summed E-state index contributed by atoms with van der Waals surface area (Å²) in [7, 11) is 1.47. The van der Waals surface area contributed by atoms with Gasteiger partial charge in [0, 0.05) is 30.2 Å². The molecule has 2 aromatic rings. The number of ether oxygens (including phenoxy) is 1. The Kier molecular flexibility index (Phi) is 5.26. The molecule has 0 aliphatic heterocycles. The van der Waals surface area contributed by atoms with Crippen molar-refractivity contribution >= 4 is 17.4 Å². The summed E-state index contributed by atoms with van der Waals surface area (Å²) in [5.74, 6) is -0.105. The van der Waals surface area contributed by atoms with Gasteiger partial charge in [-0.3, -0.25) is 0 Å². The highest BCUT2D eigenvalue weighted by Crippen LogP contribution is 2.19. The summed E-state index contributed by atoms with van der Waals surface area (Å²) in [4.78, 5) is 15.9. The van der Waals surface area contributed by atoms with Crippen LogP contribution in [-0.2, 0) is 6.42 Å². The van der Waals surface area contributed by atoms with Crippen LogP contribution in [0.15, 0.2) is 36.5 Å². The average molecular weight is 305 g/mol. The molecule has 0 atom stereocenters. The zero-order valence-corrected chi connectivity index (χ0v) is 12.0. The van der Waals surface area contributed by atoms with Gasteiger partial charge in [-0.2, -0.15) is 0 Å². The summed E-state index contributed by atoms with van der Waals surface area (Å²) in [5, 5.41) is 14.2. The number of hydrogen-bond donors (Lipinski definition) is 3. The summed E-state index contributed by atoms with van der Waals surface area (Å²) >= 11 is 0. The number of benzene rings is 1. The van der Waals surface area contributed by atoms with E-state index < -0.39 is 11.8 Å². The molecule has 6 nitrogen and oxygen atoms in total. The van der Waals surface area contributed by atoms with Gasteiger partial charge < -0.3 is 20.5 Å². The van der Waals surface area contributed by atoms with Crippen molar-refractivity contribution in [3.63, 3.8) is 0 Å². The van der Waals surface area contributed by atoms with Crippen molar-refractivity contribution < 1.29 is 19.0 Å². The molecule has 7 heteroatoms. The molecule has 0 saturated carbocycles. The third-order valence-corrected chi connectivity index (χ3v) is 2.90. The number of halogens is 1. The number of anilines is 2. The van der Waals surface area contributed by atoms with Gasteiger partial charge in [0.05, 0.1) is 7.11 Å². The number of aliphatic hydroxyl groups is 1. The molecular formula is C15H16FN3O3. The summed E-state index contributed by atoms with van der Waals surface area (Å²) in [5.41, 5.74) is 1.45. The third-order valence-electron chi connectivity index (χ3n) is 2.90. The monoisotopic (exact) mass is 305 g/mol. The number of urea groups is 1. The molecule has 116 valence electrons. The maximum absolute atomic E-state index is 13.3. The van der Waals surface area contributed by atoms with Gasteiger partial charge in [0.15, 0.2) is 0 Å². The van der Waals surface area contributed by atoms with Crippen molar-refractivity contribution in [1.82, 2.24) is 4.98 Å². The molecule has 0 radical (unpaired) electrons. The van der Waals surface area contributed by atoms with Crippen LogP contribution in [0.4, 0.5) is 20.6 Å². The maximum Gasteiger partial charge on any atom is 0.323 e. The predicted octanol–water partition coefficient (Wildman–Crippen LogP) is 2.41. The molecule has 0 fully saturated rings. The number of rotatable bonds is 5. The van der Waals surface area contributed by atoms with Crippen molar-refractivity contribution in [2.45, 2.75) is 6.42 Å². The van der Waals surface area contributed by atoms with Gasteiger partial charge in [-0.25, -0.2) is 14.2 Å². The number of nitrogens with one attached hydrogen (secondary N) is 2. The zero-order chi connectivity index (χ0) is 15.9. The van der Waals surface area contributed by atoms with E-state index in [9.17, 15) is 9.18 Å². The predicted molar refractivity (Wildman–Crippen MR) is 80.6 cm³/mol. The SMILES string of the molecule is COc1cc(NC(=O)Nc2cc(F)ccc2CCO)ccn1. The van der Waals surface area contributed by atoms with Crippen LogP contribution in [0, 0.1) is 5.82 Å². The summed E-state index contributed by atoms with van der Waals surface area (Å²) in [6.45, 7) is -0.0938. The molecule has 0 unspecified atom stereocenters. The number of carbonyl (C=O) groups is 1. The average Bonchev–Trinajstić information content (AvgIpc) is 2.50. The van der Waals surface area contributed by atoms with E-state index in [4.69, 9.17) is 9.84 Å². The fourth-order valence-electron chi connectivity index (χ4n) is 1.89. The lowest BCUT2D eigenvalue weighted by Gasteiger charge is -2.12. The lowest BCUT2D eigenvalue weighted by molar-refractivity contribution is 0.262. The Morgan fingerprint density at radius 2 is 2.14 bits per heavy atom. The zero-order valence-electron chi connectivity index (χ0n) is 12.0. The summed E-state index contributed by atoms with van der Waals surface area (Å²) < 4.78 is 18.3. The van der Waals surface area contributed by atoms with Crippen molar-refractivity contribution in [1.29, 1.82) is 0 Å². The molecule has 2 amide bonds. The van der Waals surface area contributed by atoms with Gasteiger partial charge in [0.1, 0.15) is 5.82 Å². The molecule has 1 heterocycles. The lowest BCUT2D eigenvalue weighted by Crippen LogP contribution is -2.20. The molecule has 1 aromatic carbocycles. The highest BCUT2D eigenvalue weighted by molar-refractivity contribution is 6.00. The second-order valence-electron chi connectivity index (χ2n) is 4.44. The Balaban J connectivity index is 2.09. The second-order valence-corrected chi connectivity index (χ2v) is 4.44. The van der Waals surface area contributed by atoms with Crippen LogP contribution in [0.25, 0.3) is 0 Å². The molecule has 0 bridgehead atoms. The van der Waals surface area contributed by atoms with Crippen molar-refractivity contribution in [2.24, 2.45) is 0 Å². The van der Waals surface area contributed by atoms with E-state index in [1.807, 2.05) is 0 Å². The van der Waals surface area contributed by atoms with Gasteiger partial charge in [-0.15, -0.1) is 0 Å². The minimum Gasteiger partial charge on any atom is -0.481 e. The summed E-state index contributed by atoms with van der Waals surface area (Å²) in [6, 6.07) is 6.64. The van der Waals surface area contributed by atoms with Crippen molar-refractivity contribution in [2.75, 3.05) is 24.4 Å². The van der Waals surface area contributed by atoms with E-state index in [0.29, 0.717) is 29.2 Å². The normalized spacial score (nSPS) is 10.1. The first kappa shape index (κ1) is 15.7. The van der Waals surface area contributed by atoms with E-state index in [-0.39, 0.29) is 6.61 Å². The number of hydrogen-bond acceptors (Lipinski definition) is 4. The first-order valence-electron chi connectivity index (χ1n) is 6.59. The standard InChI is InChI=1S/C15H16FN3O3/c1-22-14-9-12(4-6-17-14)18-15(21)19-13-8-11(16)3-2-10(13)5-7-20/h2-4,6,8-9,20H,5,7H2,1H3,(H2,17,18,19,21). The number of methoxy groups -OCH3 is 1. The number of carbonyl (C=O) groups excluding carboxylic acids is 1. The second kappa shape index (κ2) is 7.37. The highest BCUT2D eigenvalue weighted by atomic mass is 19.1. The minimum absolute atomic E-state index is 0.0938. The molecule has 0 spiro atoms. The van der Waals surface area contributed by atoms with Crippen LogP contribution < -0.4 is 15.4 Å². The van der Waals surface area contributed by atoms with Crippen molar-refractivity contribution in [3.8, 4) is 5.88 Å². The Labute approximate surface area is 127 Å². The fourth-order valence-corrected chi connectivity index (χ4v) is 1.89. The Morgan fingerprint density at radius 1 is 1.32 bits per heavy atom. The van der Waals surface area contributed by atoms with Gasteiger partial charge in [0.25, 0.3) is 0 Å². The van der Waals surface area contributed by atoms with Gasteiger partial charge in [0.2, 0.25) is 5.88 Å². The van der Waals surface area contributed by atoms with E-state index in [2.05, 4.69) is 15.6 Å². The number of aliphatic hydroxyl groups excluding tert-OH is 1. The number of nitrogens with zero attached hydrogens (tertiary/aromatic N) is 1. The minimum atomic E-state index is -0.530. The van der Waals surface area contributed by atoms with E-state index >= 15 is 0 Å². The van der Waals surface area contributed by atoms with E-state index in [0.717, 1.165) is 0 Å². The number of aromatic nitrogens is 1. The molecule has 22 heavy (non-hydrogen) atoms. The lowest BCUT2D eigenvalue weighted by atomic mass is 10.1. The fraction of sp³-hybridized carbons (Fsp3) is 0.200. The first-order chi connectivity index (χ1) is 10.6. The molecule has 2 rings (SSSR count). The quantitative estimate of drug-likeness (QED) is 0.792. The van der Waals surface area contributed by atoms with Gasteiger partial charge in [-0.1, -0.05) is 6.07 Å². The molecule has 1 aromatic heterocycles. The Morgan fingerprint density at radius 3 is 2.86 bits per heavy atom. The van der Waals surface area contributed by atoms with Crippen LogP contribution in [0.3, 0.4) is 0 Å². The largest absolute Gasteiger partial charge is 0.481 e. The number of amides is 2. The summed E-state index contributed by atoms with van der Waals surface area (Å²) in [6.07, 6.45) is 1.81. The Bertz CT molecular complexity index is 664. The highest BCUT2D eigenvalue weighted by Gasteiger charge is 2.09. The number of pyridine rings is 1. The van der Waals surface area contributed by atoms with E-state index in [1.54, 1.807) is 12.1 Å². The molecule has 0 aliphatic rings. The van der Waals surface area contributed by atoms with Crippen LogP contribution >= 0.6 is 0 Å². The van der Waals surface area contributed by atoms with Crippen molar-refractivity contribution in [3.05, 3.63) is 47.9 Å². The van der Waals surface area contributed by atoms with Crippen LogP contribution in [-0.4, -0.2) is 29.8 Å². The first-order valence-corrected chi connectivity index (χ1v) is 6.59.